The molecule has 1 fully saturated rings. The molecule has 0 radical (unpaired) electrons. The van der Waals surface area contributed by atoms with E-state index in [0.717, 1.165) is 6.42 Å². The van der Waals surface area contributed by atoms with Crippen molar-refractivity contribution in [1.29, 1.82) is 0 Å². The number of nitrogens with one attached hydrogen (secondary N) is 2. The zero-order valence-electron chi connectivity index (χ0n) is 14.0. The molecule has 2 rings (SSSR count). The van der Waals surface area contributed by atoms with E-state index < -0.39 is 4.92 Å². The molecular weight excluding hydrogens is 312 g/mol. The summed E-state index contributed by atoms with van der Waals surface area (Å²) >= 11 is 0. The predicted molar refractivity (Wildman–Crippen MR) is 92.7 cm³/mol. The molecule has 1 aliphatic heterocycles. The number of rotatable bonds is 6. The van der Waals surface area contributed by atoms with Gasteiger partial charge in [-0.1, -0.05) is 6.92 Å². The minimum atomic E-state index is -0.494. The molecule has 1 aromatic rings. The van der Waals surface area contributed by atoms with Crippen LogP contribution in [0.5, 0.6) is 0 Å². The molecule has 132 valence electrons. The van der Waals surface area contributed by atoms with Crippen LogP contribution in [0.25, 0.3) is 0 Å². The highest BCUT2D eigenvalue weighted by atomic mass is 16.6. The van der Waals surface area contributed by atoms with Crippen molar-refractivity contribution in [2.24, 2.45) is 0 Å². The van der Waals surface area contributed by atoms with E-state index in [1.165, 1.54) is 6.07 Å². The van der Waals surface area contributed by atoms with Crippen LogP contribution in [0.3, 0.4) is 0 Å². The molecule has 1 saturated heterocycles. The summed E-state index contributed by atoms with van der Waals surface area (Å²) in [6, 6.07) is 2.98. The van der Waals surface area contributed by atoms with Crippen LogP contribution in [0.1, 0.15) is 36.5 Å². The molecule has 0 unspecified atom stereocenters. The average Bonchev–Trinajstić information content (AvgIpc) is 2.59. The molecule has 0 bridgehead atoms. The highest BCUT2D eigenvalue weighted by Crippen LogP contribution is 2.34. The Bertz CT molecular complexity index is 612. The van der Waals surface area contributed by atoms with E-state index in [1.54, 1.807) is 13.1 Å². The van der Waals surface area contributed by atoms with Gasteiger partial charge in [-0.25, -0.2) is 0 Å². The molecule has 1 aromatic carbocycles. The van der Waals surface area contributed by atoms with E-state index in [2.05, 4.69) is 10.6 Å². The highest BCUT2D eigenvalue weighted by Gasteiger charge is 2.26. The van der Waals surface area contributed by atoms with Crippen molar-refractivity contribution in [3.63, 3.8) is 0 Å². The lowest BCUT2D eigenvalue weighted by Crippen LogP contribution is -2.37. The van der Waals surface area contributed by atoms with Crippen molar-refractivity contribution in [2.45, 2.75) is 32.3 Å². The van der Waals surface area contributed by atoms with E-state index in [0.29, 0.717) is 49.4 Å². The SMILES string of the molecule is CCCNC(=O)c1cc([N+](=O)[O-])c(NC)cc1N1CCC(O)CC1. The van der Waals surface area contributed by atoms with Crippen LogP contribution < -0.4 is 15.5 Å². The van der Waals surface area contributed by atoms with Crippen LogP contribution in [-0.2, 0) is 0 Å². The van der Waals surface area contributed by atoms with Gasteiger partial charge in [-0.15, -0.1) is 0 Å². The van der Waals surface area contributed by atoms with Crippen molar-refractivity contribution in [3.05, 3.63) is 27.8 Å². The number of hydrogen-bond acceptors (Lipinski definition) is 6. The quantitative estimate of drug-likeness (QED) is 0.539. The number of nitrogens with zero attached hydrogens (tertiary/aromatic N) is 2. The molecule has 8 heteroatoms. The molecule has 8 nitrogen and oxygen atoms in total. The van der Waals surface area contributed by atoms with Gasteiger partial charge in [-0.2, -0.15) is 0 Å². The van der Waals surface area contributed by atoms with Gasteiger partial charge in [0.05, 0.1) is 22.3 Å². The smallest absolute Gasteiger partial charge is 0.293 e. The van der Waals surface area contributed by atoms with E-state index in [1.807, 2.05) is 11.8 Å². The van der Waals surface area contributed by atoms with Crippen molar-refractivity contribution in [3.8, 4) is 0 Å². The predicted octanol–water partition coefficient (Wildman–Crippen LogP) is 1.74. The Kier molecular flexibility index (Phi) is 5.97. The van der Waals surface area contributed by atoms with Gasteiger partial charge in [0.2, 0.25) is 0 Å². The Morgan fingerprint density at radius 1 is 1.42 bits per heavy atom. The molecule has 1 amide bonds. The summed E-state index contributed by atoms with van der Waals surface area (Å²) in [5, 5.41) is 26.6. The fourth-order valence-electron chi connectivity index (χ4n) is 2.81. The second-order valence-corrected chi connectivity index (χ2v) is 5.87. The Labute approximate surface area is 141 Å². The van der Waals surface area contributed by atoms with E-state index >= 15 is 0 Å². The van der Waals surface area contributed by atoms with Crippen LogP contribution in [0.2, 0.25) is 0 Å². The first kappa shape index (κ1) is 18.0. The number of nitro benzene ring substituents is 1. The van der Waals surface area contributed by atoms with Gasteiger partial charge in [-0.3, -0.25) is 14.9 Å². The topological polar surface area (TPSA) is 108 Å². The number of hydrogen-bond donors (Lipinski definition) is 3. The number of amides is 1. The lowest BCUT2D eigenvalue weighted by molar-refractivity contribution is -0.383. The Hall–Kier alpha value is -2.35. The summed E-state index contributed by atoms with van der Waals surface area (Å²) in [4.78, 5) is 25.3. The third-order valence-electron chi connectivity index (χ3n) is 4.17. The number of benzene rings is 1. The molecule has 1 aliphatic rings. The largest absolute Gasteiger partial charge is 0.393 e. The van der Waals surface area contributed by atoms with Crippen LogP contribution in [0.15, 0.2) is 12.1 Å². The molecular formula is C16H24N4O4. The summed E-state index contributed by atoms with van der Waals surface area (Å²) in [7, 11) is 1.61. The number of carbonyl (C=O) groups excluding carboxylic acids is 1. The maximum atomic E-state index is 12.5. The molecule has 1 heterocycles. The van der Waals surface area contributed by atoms with Crippen LogP contribution in [-0.4, -0.2) is 48.7 Å². The van der Waals surface area contributed by atoms with Gasteiger partial charge in [0, 0.05) is 32.7 Å². The maximum Gasteiger partial charge on any atom is 0.293 e. The zero-order chi connectivity index (χ0) is 17.7. The van der Waals surface area contributed by atoms with E-state index in [-0.39, 0.29) is 17.7 Å². The van der Waals surface area contributed by atoms with Gasteiger partial charge in [0.15, 0.2) is 0 Å². The lowest BCUT2D eigenvalue weighted by atomic mass is 10.0. The Morgan fingerprint density at radius 3 is 2.62 bits per heavy atom. The standard InChI is InChI=1S/C16H24N4O4/c1-3-6-18-16(22)12-9-15(20(23)24)13(17-2)10-14(12)19-7-4-11(21)5-8-19/h9-11,17,21H,3-8H2,1-2H3,(H,18,22). The molecule has 0 saturated carbocycles. The summed E-state index contributed by atoms with van der Waals surface area (Å²) < 4.78 is 0. The highest BCUT2D eigenvalue weighted by molar-refractivity contribution is 6.02. The second-order valence-electron chi connectivity index (χ2n) is 5.87. The van der Waals surface area contributed by atoms with Gasteiger partial charge >= 0.3 is 0 Å². The minimum absolute atomic E-state index is 0.125. The number of anilines is 2. The van der Waals surface area contributed by atoms with Crippen molar-refractivity contribution in [2.75, 3.05) is 36.9 Å². The molecule has 0 aliphatic carbocycles. The first-order valence-corrected chi connectivity index (χ1v) is 8.19. The van der Waals surface area contributed by atoms with Gasteiger partial charge in [-0.05, 0) is 25.3 Å². The van der Waals surface area contributed by atoms with Gasteiger partial charge < -0.3 is 20.6 Å². The van der Waals surface area contributed by atoms with E-state index in [9.17, 15) is 20.0 Å². The average molecular weight is 336 g/mol. The fourth-order valence-corrected chi connectivity index (χ4v) is 2.81. The number of aliphatic hydroxyl groups is 1. The second kappa shape index (κ2) is 7.96. The third-order valence-corrected chi connectivity index (χ3v) is 4.17. The van der Waals surface area contributed by atoms with Crippen LogP contribution in [0.4, 0.5) is 17.1 Å². The molecule has 3 N–H and O–H groups in total. The first-order chi connectivity index (χ1) is 11.5. The number of aliphatic hydroxyl groups excluding tert-OH is 1. The Balaban J connectivity index is 2.45. The summed E-state index contributed by atoms with van der Waals surface area (Å²) in [5.41, 5.74) is 1.20. The van der Waals surface area contributed by atoms with Gasteiger partial charge in [0.1, 0.15) is 5.69 Å². The fraction of sp³-hybridized carbons (Fsp3) is 0.562. The third kappa shape index (κ3) is 3.94. The van der Waals surface area contributed by atoms with Gasteiger partial charge in [0.25, 0.3) is 11.6 Å². The molecule has 0 aromatic heterocycles. The van der Waals surface area contributed by atoms with E-state index in [4.69, 9.17) is 0 Å². The molecule has 0 spiro atoms. The lowest BCUT2D eigenvalue weighted by Gasteiger charge is -2.33. The van der Waals surface area contributed by atoms with Crippen molar-refractivity contribution in [1.82, 2.24) is 5.32 Å². The van der Waals surface area contributed by atoms with Crippen LogP contribution in [0, 0.1) is 10.1 Å². The number of piperidine rings is 1. The number of carbonyl (C=O) groups is 1. The maximum absolute atomic E-state index is 12.5. The zero-order valence-corrected chi connectivity index (χ0v) is 14.0. The summed E-state index contributed by atoms with van der Waals surface area (Å²) in [6.45, 7) is 3.67. The molecule has 0 atom stereocenters. The summed E-state index contributed by atoms with van der Waals surface area (Å²) in [5.74, 6) is -0.316. The van der Waals surface area contributed by atoms with Crippen molar-refractivity contribution >= 4 is 23.0 Å². The first-order valence-electron chi connectivity index (χ1n) is 8.19. The number of nitro groups is 1. The minimum Gasteiger partial charge on any atom is -0.393 e. The normalized spacial score (nSPS) is 15.2. The van der Waals surface area contributed by atoms with Crippen LogP contribution >= 0.6 is 0 Å². The molecule has 24 heavy (non-hydrogen) atoms. The van der Waals surface area contributed by atoms with Crippen molar-refractivity contribution < 1.29 is 14.8 Å². The Morgan fingerprint density at radius 2 is 2.08 bits per heavy atom. The monoisotopic (exact) mass is 336 g/mol. The summed E-state index contributed by atoms with van der Waals surface area (Å²) in [6.07, 6.45) is 1.68.